The third-order valence-electron chi connectivity index (χ3n) is 6.32. The van der Waals surface area contributed by atoms with Gasteiger partial charge in [0.2, 0.25) is 5.91 Å². The van der Waals surface area contributed by atoms with Crippen LogP contribution in [0.25, 0.3) is 10.9 Å². The fraction of sp³-hybridized carbons (Fsp3) is 0.545. The van der Waals surface area contributed by atoms with E-state index in [1.165, 1.54) is 5.56 Å². The van der Waals surface area contributed by atoms with E-state index in [2.05, 4.69) is 24.0 Å². The molecule has 2 fully saturated rings. The van der Waals surface area contributed by atoms with E-state index < -0.39 is 0 Å². The minimum atomic E-state index is 0.130. The summed E-state index contributed by atoms with van der Waals surface area (Å²) in [7, 11) is 1.98. The van der Waals surface area contributed by atoms with Crippen LogP contribution < -0.4 is 0 Å². The number of amides is 2. The number of carbonyl (C=O) groups is 2. The number of fused-ring (bicyclic) bond motifs is 1. The molecule has 27 heavy (non-hydrogen) atoms. The summed E-state index contributed by atoms with van der Waals surface area (Å²) < 4.78 is 2.03. The van der Waals surface area contributed by atoms with Gasteiger partial charge in [0.1, 0.15) is 5.69 Å². The van der Waals surface area contributed by atoms with E-state index in [9.17, 15) is 9.59 Å². The lowest BCUT2D eigenvalue weighted by atomic mass is 9.98. The van der Waals surface area contributed by atoms with Crippen LogP contribution in [-0.2, 0) is 11.8 Å². The number of hydrogen-bond acceptors (Lipinski definition) is 2. The van der Waals surface area contributed by atoms with Crippen LogP contribution in [0.2, 0.25) is 0 Å². The highest BCUT2D eigenvalue weighted by molar-refractivity contribution is 5.99. The number of aromatic nitrogens is 1. The Morgan fingerprint density at radius 2 is 2.04 bits per heavy atom. The summed E-state index contributed by atoms with van der Waals surface area (Å²) in [6, 6.07) is 8.49. The van der Waals surface area contributed by atoms with Crippen molar-refractivity contribution in [1.82, 2.24) is 14.4 Å². The third kappa shape index (κ3) is 3.35. The predicted molar refractivity (Wildman–Crippen MR) is 107 cm³/mol. The highest BCUT2D eigenvalue weighted by Crippen LogP contribution is 2.27. The highest BCUT2D eigenvalue weighted by Gasteiger charge is 2.30. The van der Waals surface area contributed by atoms with Crippen molar-refractivity contribution in [3.05, 3.63) is 35.5 Å². The second kappa shape index (κ2) is 7.37. The molecule has 1 aromatic carbocycles. The van der Waals surface area contributed by atoms with Gasteiger partial charge in [0.05, 0.1) is 0 Å². The molecule has 2 saturated heterocycles. The van der Waals surface area contributed by atoms with Crippen molar-refractivity contribution in [2.45, 2.75) is 51.5 Å². The van der Waals surface area contributed by atoms with Gasteiger partial charge in [0.25, 0.3) is 5.91 Å². The Kier molecular flexibility index (Phi) is 4.94. The van der Waals surface area contributed by atoms with Crippen LogP contribution in [-0.4, -0.2) is 51.9 Å². The molecular formula is C22H29N3O2. The average Bonchev–Trinajstić information content (AvgIpc) is 3.24. The molecule has 1 atom stereocenters. The fourth-order valence-corrected chi connectivity index (χ4v) is 4.67. The first kappa shape index (κ1) is 18.1. The van der Waals surface area contributed by atoms with E-state index in [0.717, 1.165) is 68.3 Å². The monoisotopic (exact) mass is 367 g/mol. The van der Waals surface area contributed by atoms with Gasteiger partial charge >= 0.3 is 0 Å². The summed E-state index contributed by atoms with van der Waals surface area (Å²) in [6.45, 7) is 4.56. The van der Waals surface area contributed by atoms with Gasteiger partial charge in [-0.15, -0.1) is 0 Å². The Labute approximate surface area is 160 Å². The van der Waals surface area contributed by atoms with Crippen molar-refractivity contribution in [3.63, 3.8) is 0 Å². The first-order chi connectivity index (χ1) is 13.1. The lowest BCUT2D eigenvalue weighted by Crippen LogP contribution is -2.45. The fourth-order valence-electron chi connectivity index (χ4n) is 4.67. The molecule has 0 aliphatic carbocycles. The molecule has 2 aromatic rings. The van der Waals surface area contributed by atoms with Gasteiger partial charge in [-0.2, -0.15) is 0 Å². The molecule has 0 radical (unpaired) electrons. The van der Waals surface area contributed by atoms with E-state index >= 15 is 0 Å². The number of hydrogen-bond donors (Lipinski definition) is 0. The van der Waals surface area contributed by atoms with E-state index in [1.54, 1.807) is 0 Å². The summed E-state index contributed by atoms with van der Waals surface area (Å²) in [5.41, 5.74) is 3.07. The molecule has 3 heterocycles. The number of piperidine rings is 1. The minimum Gasteiger partial charge on any atom is -0.343 e. The molecule has 4 rings (SSSR count). The van der Waals surface area contributed by atoms with Gasteiger partial charge in [-0.3, -0.25) is 9.59 Å². The number of carbonyl (C=O) groups excluding carboxylic acids is 2. The van der Waals surface area contributed by atoms with Gasteiger partial charge in [0, 0.05) is 50.0 Å². The predicted octanol–water partition coefficient (Wildman–Crippen LogP) is 3.49. The van der Waals surface area contributed by atoms with Gasteiger partial charge in [0.15, 0.2) is 0 Å². The molecule has 144 valence electrons. The molecule has 5 heteroatoms. The smallest absolute Gasteiger partial charge is 0.270 e. The van der Waals surface area contributed by atoms with Crippen LogP contribution in [0.1, 0.15) is 54.6 Å². The van der Waals surface area contributed by atoms with Crippen LogP contribution in [0.4, 0.5) is 0 Å². The minimum absolute atomic E-state index is 0.130. The first-order valence-electron chi connectivity index (χ1n) is 10.2. The maximum Gasteiger partial charge on any atom is 0.270 e. The van der Waals surface area contributed by atoms with Crippen molar-refractivity contribution < 1.29 is 9.59 Å². The SMILES string of the molecule is Cc1cccc2c1cc(C(=O)N1CCCCC1CCN1CCCC1=O)n2C. The maximum atomic E-state index is 13.4. The summed E-state index contributed by atoms with van der Waals surface area (Å²) >= 11 is 0. The van der Waals surface area contributed by atoms with Gasteiger partial charge in [-0.1, -0.05) is 12.1 Å². The Balaban J connectivity index is 1.54. The molecule has 0 spiro atoms. The zero-order valence-corrected chi connectivity index (χ0v) is 16.4. The number of rotatable bonds is 4. The standard InChI is InChI=1S/C22H29N3O2/c1-16-7-5-9-19-18(16)15-20(23(19)2)22(27)25-13-4-3-8-17(25)11-14-24-12-6-10-21(24)26/h5,7,9,15,17H,3-4,6,8,10-14H2,1-2H3. The van der Waals surface area contributed by atoms with Crippen LogP contribution >= 0.6 is 0 Å². The van der Waals surface area contributed by atoms with Crippen LogP contribution in [0.15, 0.2) is 24.3 Å². The van der Waals surface area contributed by atoms with Crippen LogP contribution in [0.5, 0.6) is 0 Å². The number of nitrogens with zero attached hydrogens (tertiary/aromatic N) is 3. The summed E-state index contributed by atoms with van der Waals surface area (Å²) in [5, 5.41) is 1.15. The van der Waals surface area contributed by atoms with E-state index in [4.69, 9.17) is 0 Å². The Hall–Kier alpha value is -2.30. The van der Waals surface area contributed by atoms with Crippen molar-refractivity contribution in [2.75, 3.05) is 19.6 Å². The van der Waals surface area contributed by atoms with E-state index in [-0.39, 0.29) is 17.9 Å². The van der Waals surface area contributed by atoms with Crippen molar-refractivity contribution in [2.24, 2.45) is 7.05 Å². The lowest BCUT2D eigenvalue weighted by molar-refractivity contribution is -0.127. The van der Waals surface area contributed by atoms with Crippen molar-refractivity contribution in [3.8, 4) is 0 Å². The summed E-state index contributed by atoms with van der Waals surface area (Å²) in [5.74, 6) is 0.401. The van der Waals surface area contributed by atoms with Crippen molar-refractivity contribution in [1.29, 1.82) is 0 Å². The molecule has 2 amide bonds. The zero-order valence-electron chi connectivity index (χ0n) is 16.4. The largest absolute Gasteiger partial charge is 0.343 e. The van der Waals surface area contributed by atoms with Crippen LogP contribution in [0, 0.1) is 6.92 Å². The molecule has 5 nitrogen and oxygen atoms in total. The Morgan fingerprint density at radius 3 is 2.78 bits per heavy atom. The highest BCUT2D eigenvalue weighted by atomic mass is 16.2. The molecule has 1 unspecified atom stereocenters. The summed E-state index contributed by atoms with van der Waals surface area (Å²) in [4.78, 5) is 29.3. The van der Waals surface area contributed by atoms with Gasteiger partial charge in [-0.25, -0.2) is 0 Å². The second-order valence-corrected chi connectivity index (χ2v) is 8.02. The molecule has 0 N–H and O–H groups in total. The quantitative estimate of drug-likeness (QED) is 0.830. The van der Waals surface area contributed by atoms with E-state index in [0.29, 0.717) is 6.42 Å². The molecule has 2 aliphatic rings. The number of benzene rings is 1. The Morgan fingerprint density at radius 1 is 1.19 bits per heavy atom. The second-order valence-electron chi connectivity index (χ2n) is 8.02. The molecule has 2 aliphatic heterocycles. The molecular weight excluding hydrogens is 338 g/mol. The summed E-state index contributed by atoms with van der Waals surface area (Å²) in [6.07, 6.45) is 5.81. The van der Waals surface area contributed by atoms with E-state index in [1.807, 2.05) is 28.6 Å². The third-order valence-corrected chi connectivity index (χ3v) is 6.32. The number of likely N-dealkylation sites (tertiary alicyclic amines) is 2. The van der Waals surface area contributed by atoms with Gasteiger partial charge in [-0.05, 0) is 56.7 Å². The van der Waals surface area contributed by atoms with Crippen LogP contribution in [0.3, 0.4) is 0 Å². The Bertz CT molecular complexity index is 870. The maximum absolute atomic E-state index is 13.4. The first-order valence-corrected chi connectivity index (χ1v) is 10.2. The molecule has 0 bridgehead atoms. The molecule has 1 aromatic heterocycles. The van der Waals surface area contributed by atoms with Gasteiger partial charge < -0.3 is 14.4 Å². The van der Waals surface area contributed by atoms with Crippen molar-refractivity contribution >= 4 is 22.7 Å². The number of aryl methyl sites for hydroxylation is 2. The average molecular weight is 367 g/mol. The zero-order chi connectivity index (χ0) is 19.0. The molecule has 0 saturated carbocycles. The normalized spacial score (nSPS) is 20.7. The lowest BCUT2D eigenvalue weighted by Gasteiger charge is -2.36. The topological polar surface area (TPSA) is 45.6 Å².